The van der Waals surface area contributed by atoms with Gasteiger partial charge in [-0.1, -0.05) is 12.1 Å². The van der Waals surface area contributed by atoms with Crippen molar-refractivity contribution in [1.82, 2.24) is 0 Å². The van der Waals surface area contributed by atoms with Crippen LogP contribution in [0.1, 0.15) is 49.1 Å². The Labute approximate surface area is 155 Å². The average Bonchev–Trinajstić information content (AvgIpc) is 2.64. The van der Waals surface area contributed by atoms with Crippen molar-refractivity contribution in [2.24, 2.45) is 11.5 Å². The molecule has 0 spiro atoms. The summed E-state index contributed by atoms with van der Waals surface area (Å²) >= 11 is 0. The van der Waals surface area contributed by atoms with E-state index in [0.717, 1.165) is 54.9 Å². The molecular formula is C20H32N4O2+2. The van der Waals surface area contributed by atoms with Gasteiger partial charge in [-0.2, -0.15) is 0 Å². The van der Waals surface area contributed by atoms with E-state index in [1.54, 1.807) is 0 Å². The van der Waals surface area contributed by atoms with Gasteiger partial charge in [0.15, 0.2) is 0 Å². The molecule has 0 saturated carbocycles. The second kappa shape index (κ2) is 10.8. The van der Waals surface area contributed by atoms with Crippen LogP contribution in [0.3, 0.4) is 0 Å². The molecule has 26 heavy (non-hydrogen) atoms. The van der Waals surface area contributed by atoms with Crippen molar-refractivity contribution in [2.45, 2.75) is 38.0 Å². The van der Waals surface area contributed by atoms with Crippen molar-refractivity contribution in [1.29, 1.82) is 0 Å². The van der Waals surface area contributed by atoms with Crippen molar-refractivity contribution >= 4 is 0 Å². The summed E-state index contributed by atoms with van der Waals surface area (Å²) in [6.45, 7) is 1.45. The van der Waals surface area contributed by atoms with Gasteiger partial charge < -0.3 is 32.4 Å². The van der Waals surface area contributed by atoms with E-state index in [2.05, 4.69) is 11.5 Å². The van der Waals surface area contributed by atoms with Crippen LogP contribution in [0.4, 0.5) is 0 Å². The molecule has 0 atom stereocenters. The fourth-order valence-corrected chi connectivity index (χ4v) is 2.56. The Kier molecular flexibility index (Phi) is 8.37. The molecule has 2 rings (SSSR count). The third-order valence-electron chi connectivity index (χ3n) is 4.19. The largest absolute Gasteiger partial charge is 0.494 e. The molecule has 0 radical (unpaired) electrons. The van der Waals surface area contributed by atoms with Gasteiger partial charge in [0.1, 0.15) is 11.5 Å². The Bertz CT molecular complexity index is 570. The van der Waals surface area contributed by atoms with Crippen LogP contribution in [-0.4, -0.2) is 13.2 Å². The fraction of sp³-hybridized carbons (Fsp3) is 0.400. The topological polar surface area (TPSA) is 126 Å². The lowest BCUT2D eigenvalue weighted by atomic mass is 10.2. The molecule has 0 aromatic heterocycles. The number of hydrogen-bond donors (Lipinski definition) is 4. The van der Waals surface area contributed by atoms with Gasteiger partial charge in [-0.05, 0) is 67.6 Å². The Morgan fingerprint density at radius 2 is 1.08 bits per heavy atom. The molecule has 2 aromatic rings. The van der Waals surface area contributed by atoms with E-state index in [9.17, 15) is 0 Å². The summed E-state index contributed by atoms with van der Waals surface area (Å²) in [4.78, 5) is 0. The van der Waals surface area contributed by atoms with Crippen molar-refractivity contribution in [3.63, 3.8) is 0 Å². The van der Waals surface area contributed by atoms with Gasteiger partial charge in [-0.15, -0.1) is 0 Å². The molecule has 0 aliphatic heterocycles. The highest BCUT2D eigenvalue weighted by Crippen LogP contribution is 2.16. The quantitative estimate of drug-likeness (QED) is 0.353. The van der Waals surface area contributed by atoms with Crippen LogP contribution in [0.25, 0.3) is 0 Å². The van der Waals surface area contributed by atoms with Crippen LogP contribution in [0, 0.1) is 0 Å². The predicted octanol–water partition coefficient (Wildman–Crippen LogP) is 1.10. The number of benzene rings is 2. The third-order valence-corrected chi connectivity index (χ3v) is 4.19. The van der Waals surface area contributed by atoms with Crippen molar-refractivity contribution in [3.8, 4) is 11.5 Å². The molecule has 142 valence electrons. The summed E-state index contributed by atoms with van der Waals surface area (Å²) in [6.07, 6.45) is 3.94. The highest BCUT2D eigenvalue weighted by molar-refractivity contribution is 5.28. The molecular weight excluding hydrogens is 328 g/mol. The first-order valence-corrected chi connectivity index (χ1v) is 9.19. The Morgan fingerprint density at radius 1 is 0.654 bits per heavy atom. The fourth-order valence-electron chi connectivity index (χ4n) is 2.56. The summed E-state index contributed by atoms with van der Waals surface area (Å²) in [5.74, 6) is 1.76. The maximum absolute atomic E-state index is 5.75. The average molecular weight is 361 g/mol. The van der Waals surface area contributed by atoms with E-state index in [4.69, 9.17) is 20.9 Å². The number of nitrogens with two attached hydrogens (primary N) is 2. The molecule has 2 aromatic carbocycles. The minimum Gasteiger partial charge on any atom is -0.494 e. The minimum absolute atomic E-state index is 0.0578. The lowest BCUT2D eigenvalue weighted by molar-refractivity contribution is -0.668. The number of ether oxygens (including phenoxy) is 2. The van der Waals surface area contributed by atoms with Gasteiger partial charge in [0, 0.05) is 0 Å². The zero-order chi connectivity index (χ0) is 18.8. The van der Waals surface area contributed by atoms with E-state index in [1.165, 1.54) is 0 Å². The number of unbranched alkanes of at least 4 members (excludes halogenated alkanes) is 3. The zero-order valence-corrected chi connectivity index (χ0v) is 15.4. The van der Waals surface area contributed by atoms with E-state index < -0.39 is 6.17 Å². The smallest absolute Gasteiger partial charge is 0.233 e. The molecule has 0 heterocycles. The Morgan fingerprint density at radius 3 is 1.46 bits per heavy atom. The van der Waals surface area contributed by atoms with Gasteiger partial charge in [0.25, 0.3) is 0 Å². The zero-order valence-electron chi connectivity index (χ0n) is 15.4. The molecule has 0 aliphatic rings. The van der Waals surface area contributed by atoms with E-state index in [0.29, 0.717) is 6.61 Å². The van der Waals surface area contributed by atoms with Crippen LogP contribution >= 0.6 is 0 Å². The van der Waals surface area contributed by atoms with Crippen molar-refractivity contribution in [2.75, 3.05) is 13.2 Å². The highest BCUT2D eigenvalue weighted by atomic mass is 16.5. The van der Waals surface area contributed by atoms with Gasteiger partial charge in [0.05, 0.1) is 24.9 Å². The van der Waals surface area contributed by atoms with Gasteiger partial charge in [-0.25, -0.2) is 0 Å². The van der Waals surface area contributed by atoms with Crippen molar-refractivity contribution < 1.29 is 20.9 Å². The molecule has 6 heteroatoms. The maximum atomic E-state index is 5.75. The minimum atomic E-state index is -0.437. The first-order chi connectivity index (χ1) is 12.6. The Balaban J connectivity index is 1.51. The summed E-state index contributed by atoms with van der Waals surface area (Å²) < 4.78 is 11.5. The number of rotatable bonds is 11. The van der Waals surface area contributed by atoms with E-state index in [1.807, 2.05) is 48.5 Å². The van der Waals surface area contributed by atoms with E-state index >= 15 is 0 Å². The molecule has 0 unspecified atom stereocenters. The molecule has 0 fully saturated rings. The lowest BCUT2D eigenvalue weighted by Gasteiger charge is -2.09. The molecule has 0 saturated heterocycles. The number of quaternary nitrogens is 2. The molecule has 0 amide bonds. The molecule has 0 aliphatic carbocycles. The summed E-state index contributed by atoms with van der Waals surface area (Å²) in [5.41, 5.74) is 21.1. The maximum Gasteiger partial charge on any atom is 0.233 e. The van der Waals surface area contributed by atoms with Crippen LogP contribution in [0.5, 0.6) is 11.5 Å². The summed E-state index contributed by atoms with van der Waals surface area (Å²) in [6, 6.07) is 15.6. The van der Waals surface area contributed by atoms with Crippen LogP contribution in [-0.2, 0) is 0 Å². The van der Waals surface area contributed by atoms with Crippen LogP contribution < -0.4 is 32.4 Å². The van der Waals surface area contributed by atoms with Crippen LogP contribution in [0.2, 0.25) is 0 Å². The monoisotopic (exact) mass is 360 g/mol. The van der Waals surface area contributed by atoms with Gasteiger partial charge in [0.2, 0.25) is 6.17 Å². The second-order valence-corrected chi connectivity index (χ2v) is 6.47. The summed E-state index contributed by atoms with van der Waals surface area (Å²) in [5, 5.41) is 0. The van der Waals surface area contributed by atoms with Crippen LogP contribution in [0.15, 0.2) is 48.5 Å². The van der Waals surface area contributed by atoms with Gasteiger partial charge in [-0.3, -0.25) is 0 Å². The standard InChI is InChI=1S/C20H30N4O2/c21-19(22)15-5-9-17(10-6-15)25-13-3-1-2-4-14-26-18-11-7-16(8-12-18)20(23)24/h5-12,19-20H,1-4,13-14,21-24H2/p+2. The first kappa shape index (κ1) is 20.2. The lowest BCUT2D eigenvalue weighted by Crippen LogP contribution is -2.76. The normalized spacial score (nSPS) is 11.2. The number of hydrogen-bond acceptors (Lipinski definition) is 4. The van der Waals surface area contributed by atoms with Crippen molar-refractivity contribution in [3.05, 3.63) is 59.7 Å². The second-order valence-electron chi connectivity index (χ2n) is 6.47. The SMILES string of the molecule is NC(N)c1ccc(OCCCCCCOc2ccc(C([NH3+])[NH3+])cc2)cc1. The highest BCUT2D eigenvalue weighted by Gasteiger charge is 2.05. The third kappa shape index (κ3) is 7.01. The Hall–Kier alpha value is -2.12. The molecule has 10 N–H and O–H groups in total. The summed E-state index contributed by atoms with van der Waals surface area (Å²) in [7, 11) is 0. The first-order valence-electron chi connectivity index (χ1n) is 9.19. The van der Waals surface area contributed by atoms with E-state index in [-0.39, 0.29) is 6.17 Å². The van der Waals surface area contributed by atoms with Gasteiger partial charge >= 0.3 is 0 Å². The molecule has 0 bridgehead atoms. The molecule has 6 nitrogen and oxygen atoms in total. The predicted molar refractivity (Wildman–Crippen MR) is 102 cm³/mol.